The predicted octanol–water partition coefficient (Wildman–Crippen LogP) is 7.16. The van der Waals surface area contributed by atoms with Crippen LogP contribution in [0, 0.1) is 5.92 Å². The highest BCUT2D eigenvalue weighted by Crippen LogP contribution is 2.31. The molecular weight excluding hydrogens is 508 g/mol. The molecule has 5 aromatic rings. The molecule has 1 aliphatic heterocycles. The van der Waals surface area contributed by atoms with E-state index in [2.05, 4.69) is 69.0 Å². The van der Waals surface area contributed by atoms with Gasteiger partial charge in [-0.2, -0.15) is 5.10 Å². The summed E-state index contributed by atoms with van der Waals surface area (Å²) in [5.74, 6) is 0.888. The Morgan fingerprint density at radius 2 is 1.71 bits per heavy atom. The number of H-pyrrole nitrogens is 1. The van der Waals surface area contributed by atoms with Crippen LogP contribution in [0.25, 0.3) is 33.1 Å². The van der Waals surface area contributed by atoms with Gasteiger partial charge in [0, 0.05) is 63.8 Å². The van der Waals surface area contributed by atoms with E-state index in [-0.39, 0.29) is 5.91 Å². The number of hydrogen-bond donors (Lipinski definition) is 1. The number of aromatic nitrogens is 4. The Kier molecular flexibility index (Phi) is 12.1. The molecule has 0 unspecified atom stereocenters. The minimum Gasteiger partial charge on any atom is -0.349 e. The molecule has 0 radical (unpaired) electrons. The maximum absolute atomic E-state index is 10.1. The van der Waals surface area contributed by atoms with Crippen molar-refractivity contribution in [2.24, 2.45) is 13.0 Å². The largest absolute Gasteiger partial charge is 0.349 e. The van der Waals surface area contributed by atoms with Crippen molar-refractivity contribution in [2.75, 3.05) is 27.2 Å². The standard InChI is InChI=1S/C22H25N5.C6H6.C4H9NO.C2H6/c1-15-4-3-9-27(13-15)14-18-11-20-19(7-8-23-22(20)26(18)2)16-5-6-21-17(10-16)12-24-25-21;1-2-4-6-5-3-1;1-4(6)5(2)3;1-2/h5-8,10-12,15H,3-4,9,13-14H2,1-2H3,(H,24,25);1-6H;1-3H3;1-2H3/t15-;;;/m1.../s1. The molecule has 1 aliphatic rings. The van der Waals surface area contributed by atoms with Gasteiger partial charge < -0.3 is 9.47 Å². The number of likely N-dealkylation sites (tertiary alicyclic amines) is 1. The molecule has 7 heteroatoms. The third-order valence-corrected chi connectivity index (χ3v) is 7.20. The van der Waals surface area contributed by atoms with Crippen molar-refractivity contribution in [1.29, 1.82) is 0 Å². The summed E-state index contributed by atoms with van der Waals surface area (Å²) >= 11 is 0. The fourth-order valence-electron chi connectivity index (χ4n) is 4.83. The smallest absolute Gasteiger partial charge is 0.218 e. The van der Waals surface area contributed by atoms with Crippen LogP contribution in [0.5, 0.6) is 0 Å². The summed E-state index contributed by atoms with van der Waals surface area (Å²) in [6.07, 6.45) is 6.46. The van der Waals surface area contributed by atoms with E-state index in [9.17, 15) is 4.79 Å². The van der Waals surface area contributed by atoms with Gasteiger partial charge in [0.15, 0.2) is 0 Å². The van der Waals surface area contributed by atoms with Crippen LogP contribution in [-0.4, -0.2) is 62.6 Å². The zero-order chi connectivity index (χ0) is 29.8. The second kappa shape index (κ2) is 15.7. The molecule has 1 atom stereocenters. The second-order valence-electron chi connectivity index (χ2n) is 10.5. The molecule has 6 rings (SSSR count). The van der Waals surface area contributed by atoms with E-state index in [1.54, 1.807) is 14.1 Å². The minimum atomic E-state index is 0.0926. The van der Waals surface area contributed by atoms with Crippen LogP contribution >= 0.6 is 0 Å². The summed E-state index contributed by atoms with van der Waals surface area (Å²) in [6.45, 7) is 11.3. The van der Waals surface area contributed by atoms with Crippen LogP contribution in [0.2, 0.25) is 0 Å². The highest BCUT2D eigenvalue weighted by atomic mass is 16.2. The number of rotatable bonds is 3. The van der Waals surface area contributed by atoms with Gasteiger partial charge in [-0.3, -0.25) is 14.8 Å². The first-order valence-electron chi connectivity index (χ1n) is 14.6. The monoisotopic (exact) mass is 554 g/mol. The van der Waals surface area contributed by atoms with Crippen LogP contribution in [0.4, 0.5) is 0 Å². The van der Waals surface area contributed by atoms with Gasteiger partial charge in [0.1, 0.15) is 5.65 Å². The lowest BCUT2D eigenvalue weighted by Crippen LogP contribution is -2.34. The van der Waals surface area contributed by atoms with Crippen molar-refractivity contribution in [3.8, 4) is 11.1 Å². The maximum atomic E-state index is 10.1. The number of piperidine rings is 1. The first kappa shape index (κ1) is 31.6. The van der Waals surface area contributed by atoms with Crippen LogP contribution < -0.4 is 0 Å². The average molecular weight is 555 g/mol. The Morgan fingerprint density at radius 1 is 1.05 bits per heavy atom. The molecule has 2 aromatic carbocycles. The molecule has 4 heterocycles. The molecule has 41 heavy (non-hydrogen) atoms. The lowest BCUT2D eigenvalue weighted by atomic mass is 10.00. The van der Waals surface area contributed by atoms with Gasteiger partial charge >= 0.3 is 0 Å². The summed E-state index contributed by atoms with van der Waals surface area (Å²) in [6, 6.07) is 22.9. The molecule has 1 fully saturated rings. The van der Waals surface area contributed by atoms with Crippen molar-refractivity contribution in [1.82, 2.24) is 29.5 Å². The molecule has 218 valence electrons. The number of benzene rings is 2. The first-order chi connectivity index (χ1) is 19.8. The molecule has 3 aromatic heterocycles. The molecule has 7 nitrogen and oxygen atoms in total. The predicted molar refractivity (Wildman–Crippen MR) is 172 cm³/mol. The normalized spacial score (nSPS) is 14.7. The van der Waals surface area contributed by atoms with Crippen molar-refractivity contribution in [2.45, 2.75) is 47.1 Å². The number of aryl methyl sites for hydroxylation is 1. The number of nitrogens with one attached hydrogen (secondary N) is 1. The maximum Gasteiger partial charge on any atom is 0.218 e. The molecule has 1 saturated heterocycles. The number of fused-ring (bicyclic) bond motifs is 2. The van der Waals surface area contributed by atoms with E-state index in [0.717, 1.165) is 29.0 Å². The van der Waals surface area contributed by atoms with E-state index in [4.69, 9.17) is 0 Å². The molecule has 0 spiro atoms. The number of aromatic amines is 1. The van der Waals surface area contributed by atoms with E-state index in [0.29, 0.717) is 0 Å². The number of nitrogens with zero attached hydrogens (tertiary/aromatic N) is 5. The van der Waals surface area contributed by atoms with Gasteiger partial charge in [0.05, 0.1) is 11.7 Å². The zero-order valence-corrected chi connectivity index (χ0v) is 25.8. The van der Waals surface area contributed by atoms with Gasteiger partial charge in [-0.15, -0.1) is 0 Å². The van der Waals surface area contributed by atoms with Crippen LogP contribution in [-0.2, 0) is 18.4 Å². The summed E-state index contributed by atoms with van der Waals surface area (Å²) in [4.78, 5) is 18.9. The van der Waals surface area contributed by atoms with Gasteiger partial charge in [-0.1, -0.05) is 63.2 Å². The van der Waals surface area contributed by atoms with Gasteiger partial charge in [-0.05, 0) is 60.7 Å². The second-order valence-corrected chi connectivity index (χ2v) is 10.5. The average Bonchev–Trinajstić information content (AvgIpc) is 3.59. The van der Waals surface area contributed by atoms with Gasteiger partial charge in [0.25, 0.3) is 0 Å². The Labute approximate surface area is 245 Å². The minimum absolute atomic E-state index is 0.0926. The van der Waals surface area contributed by atoms with Crippen molar-refractivity contribution in [3.63, 3.8) is 0 Å². The lowest BCUT2D eigenvalue weighted by Gasteiger charge is -2.30. The summed E-state index contributed by atoms with van der Waals surface area (Å²) in [5.41, 5.74) is 5.90. The molecule has 0 saturated carbocycles. The Balaban J connectivity index is 0.000000275. The SMILES string of the molecule is CC.CC(=O)N(C)C.C[C@@H]1CCCN(Cc2cc3c(-c4ccc5[nH]ncc5c4)ccnc3n2C)C1.c1ccccc1. The first-order valence-corrected chi connectivity index (χ1v) is 14.6. The molecule has 0 bridgehead atoms. The Hall–Kier alpha value is -3.97. The van der Waals surface area contributed by atoms with E-state index < -0.39 is 0 Å². The molecule has 1 amide bonds. The molecule has 0 aliphatic carbocycles. The third-order valence-electron chi connectivity index (χ3n) is 7.20. The highest BCUT2D eigenvalue weighted by Gasteiger charge is 2.19. The number of amides is 1. The number of carbonyl (C=O) groups is 1. The zero-order valence-electron chi connectivity index (χ0n) is 25.8. The molecular formula is C34H46N6O. The quantitative estimate of drug-likeness (QED) is 0.257. The fourth-order valence-corrected chi connectivity index (χ4v) is 4.83. The summed E-state index contributed by atoms with van der Waals surface area (Å²) < 4.78 is 2.26. The number of hydrogen-bond acceptors (Lipinski definition) is 4. The van der Waals surface area contributed by atoms with Crippen LogP contribution in [0.3, 0.4) is 0 Å². The topological polar surface area (TPSA) is 70.1 Å². The Bertz CT molecular complexity index is 1460. The Morgan fingerprint density at radius 3 is 2.32 bits per heavy atom. The summed E-state index contributed by atoms with van der Waals surface area (Å²) in [5, 5.41) is 9.53. The van der Waals surface area contributed by atoms with Crippen LogP contribution in [0.15, 0.2) is 79.1 Å². The van der Waals surface area contributed by atoms with Crippen molar-refractivity contribution >= 4 is 27.8 Å². The molecule has 1 N–H and O–H groups in total. The van der Waals surface area contributed by atoms with Gasteiger partial charge in [0.2, 0.25) is 5.91 Å². The third kappa shape index (κ3) is 8.76. The van der Waals surface area contributed by atoms with E-state index >= 15 is 0 Å². The fraction of sp³-hybridized carbons (Fsp3) is 0.382. The van der Waals surface area contributed by atoms with Crippen molar-refractivity contribution in [3.05, 3.63) is 84.8 Å². The van der Waals surface area contributed by atoms with Crippen molar-refractivity contribution < 1.29 is 4.79 Å². The number of pyridine rings is 1. The van der Waals surface area contributed by atoms with E-state index in [1.165, 1.54) is 60.0 Å². The summed E-state index contributed by atoms with van der Waals surface area (Å²) in [7, 11) is 5.59. The van der Waals surface area contributed by atoms with Gasteiger partial charge in [-0.25, -0.2) is 4.98 Å². The highest BCUT2D eigenvalue weighted by molar-refractivity contribution is 5.96. The number of carbonyl (C=O) groups excluding carboxylic acids is 1. The lowest BCUT2D eigenvalue weighted by molar-refractivity contribution is -0.126. The van der Waals surface area contributed by atoms with Crippen LogP contribution in [0.1, 0.15) is 46.2 Å². The van der Waals surface area contributed by atoms with E-state index in [1.807, 2.05) is 62.6 Å².